The van der Waals surface area contributed by atoms with E-state index in [0.29, 0.717) is 11.7 Å². The van der Waals surface area contributed by atoms with E-state index < -0.39 is 0 Å². The lowest BCUT2D eigenvalue weighted by molar-refractivity contribution is 0.619. The van der Waals surface area contributed by atoms with Gasteiger partial charge in [0.2, 0.25) is 0 Å². The van der Waals surface area contributed by atoms with Crippen LogP contribution in [0.15, 0.2) is 18.2 Å². The number of aryl methyl sites for hydroxylation is 2. The molecule has 1 aliphatic carbocycles. The lowest BCUT2D eigenvalue weighted by Gasteiger charge is -2.08. The molecule has 1 fully saturated rings. The van der Waals surface area contributed by atoms with Gasteiger partial charge in [0.1, 0.15) is 0 Å². The first-order chi connectivity index (χ1) is 8.65. The largest absolute Gasteiger partial charge is 0.381 e. The summed E-state index contributed by atoms with van der Waals surface area (Å²) in [5, 5.41) is 8.17. The molecule has 1 aromatic carbocycles. The number of benzene rings is 1. The van der Waals surface area contributed by atoms with Gasteiger partial charge in [-0.05, 0) is 43.4 Å². The third-order valence-electron chi connectivity index (χ3n) is 3.67. The van der Waals surface area contributed by atoms with Crippen LogP contribution in [-0.4, -0.2) is 15.0 Å². The van der Waals surface area contributed by atoms with Crippen molar-refractivity contribution in [3.8, 4) is 0 Å². The zero-order valence-corrected chi connectivity index (χ0v) is 10.8. The first-order valence-corrected chi connectivity index (χ1v) is 6.40. The molecular weight excluding hydrogens is 224 g/mol. The number of anilines is 1. The number of nitrogens with two attached hydrogens (primary N) is 1. The summed E-state index contributed by atoms with van der Waals surface area (Å²) in [4.78, 5) is 0. The van der Waals surface area contributed by atoms with E-state index in [4.69, 9.17) is 5.73 Å². The van der Waals surface area contributed by atoms with Crippen molar-refractivity contribution in [3.05, 3.63) is 40.6 Å². The Kier molecular flexibility index (Phi) is 2.58. The predicted molar refractivity (Wildman–Crippen MR) is 71.4 cm³/mol. The fraction of sp³-hybridized carbons (Fsp3) is 0.429. The van der Waals surface area contributed by atoms with Gasteiger partial charge in [0.15, 0.2) is 5.82 Å². The lowest BCUT2D eigenvalue weighted by atomic mass is 10.1. The fourth-order valence-corrected chi connectivity index (χ4v) is 2.30. The van der Waals surface area contributed by atoms with Gasteiger partial charge in [-0.3, -0.25) is 0 Å². The quantitative estimate of drug-likeness (QED) is 0.899. The van der Waals surface area contributed by atoms with Crippen LogP contribution in [-0.2, 0) is 6.54 Å². The van der Waals surface area contributed by atoms with Gasteiger partial charge in [-0.1, -0.05) is 23.4 Å². The van der Waals surface area contributed by atoms with E-state index in [-0.39, 0.29) is 0 Å². The first-order valence-electron chi connectivity index (χ1n) is 6.40. The molecule has 1 heterocycles. The minimum atomic E-state index is 0.576. The van der Waals surface area contributed by atoms with Crippen LogP contribution < -0.4 is 5.73 Å². The third-order valence-corrected chi connectivity index (χ3v) is 3.67. The number of nitrogen functional groups attached to an aromatic ring is 1. The van der Waals surface area contributed by atoms with E-state index in [9.17, 15) is 0 Å². The minimum absolute atomic E-state index is 0.576. The molecule has 94 valence electrons. The lowest BCUT2D eigenvalue weighted by Crippen LogP contribution is -2.07. The number of hydrogen-bond acceptors (Lipinski definition) is 3. The zero-order valence-electron chi connectivity index (χ0n) is 10.8. The molecule has 18 heavy (non-hydrogen) atoms. The summed E-state index contributed by atoms with van der Waals surface area (Å²) in [5.74, 6) is 1.17. The van der Waals surface area contributed by atoms with Gasteiger partial charge < -0.3 is 5.73 Å². The molecule has 4 heteroatoms. The van der Waals surface area contributed by atoms with Crippen LogP contribution in [0.1, 0.15) is 41.1 Å². The van der Waals surface area contributed by atoms with Gasteiger partial charge in [-0.25, -0.2) is 4.68 Å². The zero-order chi connectivity index (χ0) is 12.7. The second-order valence-corrected chi connectivity index (χ2v) is 5.21. The molecule has 0 spiro atoms. The van der Waals surface area contributed by atoms with Crippen LogP contribution >= 0.6 is 0 Å². The van der Waals surface area contributed by atoms with Crippen molar-refractivity contribution in [1.29, 1.82) is 0 Å². The summed E-state index contributed by atoms with van der Waals surface area (Å²) < 4.78 is 1.96. The maximum Gasteiger partial charge on any atom is 0.169 e. The normalized spacial score (nSPS) is 15.0. The molecule has 2 aromatic rings. The van der Waals surface area contributed by atoms with Gasteiger partial charge in [-0.2, -0.15) is 0 Å². The number of nitrogens with zero attached hydrogens (tertiary/aromatic N) is 3. The minimum Gasteiger partial charge on any atom is -0.381 e. The summed E-state index contributed by atoms with van der Waals surface area (Å²) in [5.41, 5.74) is 10.9. The summed E-state index contributed by atoms with van der Waals surface area (Å²) >= 11 is 0. The highest BCUT2D eigenvalue weighted by atomic mass is 15.4. The second kappa shape index (κ2) is 4.12. The SMILES string of the molecule is Cc1ccc(Cn2nnc(N)c2C2CC2)cc1C. The first kappa shape index (κ1) is 11.3. The molecule has 3 rings (SSSR count). The van der Waals surface area contributed by atoms with Crippen molar-refractivity contribution in [2.75, 3.05) is 5.73 Å². The number of rotatable bonds is 3. The van der Waals surface area contributed by atoms with Gasteiger partial charge in [0.25, 0.3) is 0 Å². The van der Waals surface area contributed by atoms with Gasteiger partial charge in [0.05, 0.1) is 12.2 Å². The molecule has 2 N–H and O–H groups in total. The van der Waals surface area contributed by atoms with Crippen LogP contribution in [0.5, 0.6) is 0 Å². The van der Waals surface area contributed by atoms with Crippen LogP contribution in [0.2, 0.25) is 0 Å². The molecule has 4 nitrogen and oxygen atoms in total. The molecule has 0 saturated heterocycles. The monoisotopic (exact) mass is 242 g/mol. The van der Waals surface area contributed by atoms with E-state index in [0.717, 1.165) is 12.2 Å². The Hall–Kier alpha value is -1.84. The molecule has 1 saturated carbocycles. The summed E-state index contributed by atoms with van der Waals surface area (Å²) in [6.45, 7) is 5.02. The van der Waals surface area contributed by atoms with Crippen molar-refractivity contribution < 1.29 is 0 Å². The van der Waals surface area contributed by atoms with Crippen LogP contribution in [0.4, 0.5) is 5.82 Å². The van der Waals surface area contributed by atoms with Crippen molar-refractivity contribution >= 4 is 5.82 Å². The van der Waals surface area contributed by atoms with Crippen molar-refractivity contribution in [3.63, 3.8) is 0 Å². The summed E-state index contributed by atoms with van der Waals surface area (Å²) in [6, 6.07) is 6.52. The maximum absolute atomic E-state index is 5.90. The Morgan fingerprint density at radius 1 is 1.28 bits per heavy atom. The standard InChI is InChI=1S/C14H18N4/c1-9-3-4-11(7-10(9)2)8-18-13(12-5-6-12)14(15)16-17-18/h3-4,7,12H,5-6,8,15H2,1-2H3. The van der Waals surface area contributed by atoms with Gasteiger partial charge in [0, 0.05) is 5.92 Å². The highest BCUT2D eigenvalue weighted by molar-refractivity contribution is 5.39. The fourth-order valence-electron chi connectivity index (χ4n) is 2.30. The third kappa shape index (κ3) is 1.98. The number of hydrogen-bond donors (Lipinski definition) is 1. The smallest absolute Gasteiger partial charge is 0.169 e. The van der Waals surface area contributed by atoms with E-state index in [2.05, 4.69) is 42.4 Å². The van der Waals surface area contributed by atoms with E-state index >= 15 is 0 Å². The summed E-state index contributed by atoms with van der Waals surface area (Å²) in [6.07, 6.45) is 2.43. The Morgan fingerprint density at radius 3 is 2.72 bits per heavy atom. The average Bonchev–Trinajstić information content (AvgIpc) is 3.10. The molecule has 1 aromatic heterocycles. The topological polar surface area (TPSA) is 56.7 Å². The highest BCUT2D eigenvalue weighted by Crippen LogP contribution is 2.42. The molecule has 0 atom stereocenters. The van der Waals surface area contributed by atoms with E-state index in [1.165, 1.54) is 29.5 Å². The van der Waals surface area contributed by atoms with Crippen molar-refractivity contribution in [2.45, 2.75) is 39.2 Å². The van der Waals surface area contributed by atoms with Crippen LogP contribution in [0.25, 0.3) is 0 Å². The predicted octanol–water partition coefficient (Wildman–Crippen LogP) is 2.40. The molecule has 0 bridgehead atoms. The molecule has 0 aliphatic heterocycles. The van der Waals surface area contributed by atoms with Gasteiger partial charge in [-0.15, -0.1) is 5.10 Å². The number of aromatic nitrogens is 3. The van der Waals surface area contributed by atoms with Crippen molar-refractivity contribution in [2.24, 2.45) is 0 Å². The Balaban J connectivity index is 1.89. The van der Waals surface area contributed by atoms with Crippen LogP contribution in [0.3, 0.4) is 0 Å². The maximum atomic E-state index is 5.90. The van der Waals surface area contributed by atoms with Crippen LogP contribution in [0, 0.1) is 13.8 Å². The second-order valence-electron chi connectivity index (χ2n) is 5.21. The summed E-state index contributed by atoms with van der Waals surface area (Å²) in [7, 11) is 0. The van der Waals surface area contributed by atoms with Gasteiger partial charge >= 0.3 is 0 Å². The molecule has 0 radical (unpaired) electrons. The highest BCUT2D eigenvalue weighted by Gasteiger charge is 2.30. The van der Waals surface area contributed by atoms with E-state index in [1.54, 1.807) is 0 Å². The molecule has 0 amide bonds. The molecular formula is C14H18N4. The Morgan fingerprint density at radius 2 is 2.06 bits per heavy atom. The van der Waals surface area contributed by atoms with Crippen molar-refractivity contribution in [1.82, 2.24) is 15.0 Å². The Bertz CT molecular complexity index is 581. The molecule has 0 unspecified atom stereocenters. The Labute approximate surface area is 107 Å². The van der Waals surface area contributed by atoms with E-state index in [1.807, 2.05) is 4.68 Å². The molecule has 1 aliphatic rings. The average molecular weight is 242 g/mol.